The van der Waals surface area contributed by atoms with Crippen molar-refractivity contribution >= 4 is 71.9 Å². The zero-order valence-electron chi connectivity index (χ0n) is 15.0. The van der Waals surface area contributed by atoms with E-state index in [2.05, 4.69) is 75.3 Å². The van der Waals surface area contributed by atoms with E-state index in [0.29, 0.717) is 13.1 Å². The van der Waals surface area contributed by atoms with Crippen molar-refractivity contribution in [2.24, 2.45) is 0 Å². The van der Waals surface area contributed by atoms with Gasteiger partial charge < -0.3 is 20.3 Å². The van der Waals surface area contributed by atoms with Crippen molar-refractivity contribution in [3.63, 3.8) is 0 Å². The average molecular weight is 602 g/mol. The Bertz CT molecular complexity index is 724. The molecule has 1 aromatic rings. The summed E-state index contributed by atoms with van der Waals surface area (Å²) in [6, 6.07) is 0. The maximum atomic E-state index is 11.7. The summed E-state index contributed by atoms with van der Waals surface area (Å²) in [5.74, 6) is 0. The first-order valence-corrected chi connectivity index (χ1v) is 11.3. The van der Waals surface area contributed by atoms with Crippen LogP contribution in [0.4, 0.5) is 16.2 Å². The van der Waals surface area contributed by atoms with Crippen molar-refractivity contribution in [3.05, 3.63) is 18.1 Å². The Hall–Kier alpha value is -0.260. The van der Waals surface area contributed by atoms with Gasteiger partial charge in [-0.15, -0.1) is 0 Å². The first kappa shape index (κ1) is 20.5. The minimum Gasteiger partial charge on any atom is -0.444 e. The number of nitrogens with one attached hydrogen (secondary N) is 3. The largest absolute Gasteiger partial charge is 0.444 e. The molecule has 2 aliphatic rings. The van der Waals surface area contributed by atoms with Crippen LogP contribution in [0.2, 0.25) is 0 Å². The van der Waals surface area contributed by atoms with E-state index in [1.807, 2.05) is 20.8 Å². The van der Waals surface area contributed by atoms with Crippen LogP contribution >= 0.6 is 54.5 Å². The predicted molar refractivity (Wildman–Crippen MR) is 120 cm³/mol. The molecule has 26 heavy (non-hydrogen) atoms. The molecule has 1 atom stereocenters. The third kappa shape index (κ3) is 4.25. The summed E-state index contributed by atoms with van der Waals surface area (Å²) in [4.78, 5) is 14.1. The summed E-state index contributed by atoms with van der Waals surface area (Å²) < 4.78 is 8.69. The number of carbonyl (C=O) groups is 1. The number of hydrogen-bond donors (Lipinski definition) is 3. The van der Waals surface area contributed by atoms with Crippen LogP contribution in [0.3, 0.4) is 0 Å². The van der Waals surface area contributed by atoms with Crippen LogP contribution in [0.25, 0.3) is 0 Å². The third-order valence-corrected chi connectivity index (χ3v) is 8.25. The summed E-state index contributed by atoms with van der Waals surface area (Å²) >= 11 is 9.81. The second-order valence-corrected chi connectivity index (χ2v) is 10.0. The molecule has 0 radical (unpaired) electrons. The van der Waals surface area contributed by atoms with Crippen LogP contribution in [0, 0.1) is 3.57 Å². The molecule has 1 unspecified atom stereocenters. The molecule has 0 spiro atoms. The lowest BCUT2D eigenvalue weighted by Crippen LogP contribution is -2.50. The van der Waals surface area contributed by atoms with Gasteiger partial charge in [0.05, 0.1) is 14.9 Å². The van der Waals surface area contributed by atoms with Gasteiger partial charge in [0.25, 0.3) is 0 Å². The average Bonchev–Trinajstić information content (AvgIpc) is 2.93. The van der Waals surface area contributed by atoms with Crippen molar-refractivity contribution in [2.45, 2.75) is 45.5 Å². The molecular weight excluding hydrogens is 579 g/mol. The van der Waals surface area contributed by atoms with Gasteiger partial charge in [0.1, 0.15) is 5.60 Å². The van der Waals surface area contributed by atoms with E-state index < -0.39 is 5.60 Å². The monoisotopic (exact) mass is 600 g/mol. The fourth-order valence-electron chi connectivity index (χ4n) is 3.23. The molecule has 0 fully saturated rings. The van der Waals surface area contributed by atoms with Crippen LogP contribution < -0.4 is 20.9 Å². The quantitative estimate of drug-likeness (QED) is 0.271. The maximum absolute atomic E-state index is 11.7. The lowest BCUT2D eigenvalue weighted by atomic mass is 10.0. The van der Waals surface area contributed by atoms with Crippen molar-refractivity contribution in [1.29, 1.82) is 0 Å². The SMILES string of the molecule is CC(C)(C)OC(=O)NCCNC1Nc2c(I)c(Br)c(Br)c3c2N1CCC3. The van der Waals surface area contributed by atoms with Crippen LogP contribution in [0.5, 0.6) is 0 Å². The Balaban J connectivity index is 1.61. The number of rotatable bonds is 4. The number of hydrogen-bond acceptors (Lipinski definition) is 5. The Kier molecular flexibility index (Phi) is 6.30. The van der Waals surface area contributed by atoms with E-state index in [1.165, 1.54) is 20.5 Å². The van der Waals surface area contributed by atoms with Gasteiger partial charge in [-0.25, -0.2) is 4.79 Å². The number of amides is 1. The zero-order valence-corrected chi connectivity index (χ0v) is 20.3. The van der Waals surface area contributed by atoms with Crippen LogP contribution in [0.15, 0.2) is 8.95 Å². The maximum Gasteiger partial charge on any atom is 0.407 e. The molecule has 1 aromatic carbocycles. The van der Waals surface area contributed by atoms with Crippen molar-refractivity contribution in [2.75, 3.05) is 29.9 Å². The molecule has 1 amide bonds. The Morgan fingerprint density at radius 1 is 1.35 bits per heavy atom. The van der Waals surface area contributed by atoms with E-state index >= 15 is 0 Å². The molecule has 6 nitrogen and oxygen atoms in total. The van der Waals surface area contributed by atoms with Crippen molar-refractivity contribution in [3.8, 4) is 0 Å². The molecule has 3 rings (SSSR count). The summed E-state index contributed by atoms with van der Waals surface area (Å²) in [5.41, 5.74) is 3.33. The first-order valence-electron chi connectivity index (χ1n) is 8.62. The minimum absolute atomic E-state index is 0.0270. The lowest BCUT2D eigenvalue weighted by molar-refractivity contribution is 0.0528. The van der Waals surface area contributed by atoms with Gasteiger partial charge in [-0.3, -0.25) is 5.32 Å². The Morgan fingerprint density at radius 3 is 2.77 bits per heavy atom. The van der Waals surface area contributed by atoms with Gasteiger partial charge in [0.2, 0.25) is 0 Å². The van der Waals surface area contributed by atoms with Gasteiger partial charge >= 0.3 is 6.09 Å². The summed E-state index contributed by atoms with van der Waals surface area (Å²) in [6.45, 7) is 7.74. The van der Waals surface area contributed by atoms with Crippen molar-refractivity contribution < 1.29 is 9.53 Å². The van der Waals surface area contributed by atoms with E-state index in [-0.39, 0.29) is 12.4 Å². The van der Waals surface area contributed by atoms with Gasteiger partial charge in [-0.2, -0.15) is 0 Å². The van der Waals surface area contributed by atoms with E-state index in [1.54, 1.807) is 0 Å². The van der Waals surface area contributed by atoms with Crippen LogP contribution in [-0.4, -0.2) is 37.6 Å². The van der Waals surface area contributed by atoms with Crippen molar-refractivity contribution in [1.82, 2.24) is 10.6 Å². The molecule has 2 aliphatic heterocycles. The van der Waals surface area contributed by atoms with Gasteiger partial charge in [-0.05, 0) is 93.6 Å². The smallest absolute Gasteiger partial charge is 0.407 e. The molecular formula is C17H23Br2IN4O2. The summed E-state index contributed by atoms with van der Waals surface area (Å²) in [6.07, 6.45) is 1.83. The number of halogens is 3. The highest BCUT2D eigenvalue weighted by atomic mass is 127. The number of carbonyl (C=O) groups excluding carboxylic acids is 1. The highest BCUT2D eigenvalue weighted by Crippen LogP contribution is 2.50. The molecule has 9 heteroatoms. The lowest BCUT2D eigenvalue weighted by Gasteiger charge is -2.32. The van der Waals surface area contributed by atoms with Gasteiger partial charge in [0, 0.05) is 28.6 Å². The highest BCUT2D eigenvalue weighted by molar-refractivity contribution is 14.1. The van der Waals surface area contributed by atoms with Gasteiger partial charge in [-0.1, -0.05) is 0 Å². The van der Waals surface area contributed by atoms with Crippen LogP contribution in [0.1, 0.15) is 32.8 Å². The van der Waals surface area contributed by atoms with E-state index in [0.717, 1.165) is 28.3 Å². The zero-order chi connectivity index (χ0) is 19.1. The summed E-state index contributed by atoms with van der Waals surface area (Å²) in [7, 11) is 0. The number of anilines is 2. The number of benzene rings is 1. The standard InChI is InChI=1S/C17H23Br2IN4O2/c1-17(2,3)26-16(25)22-7-6-21-15-23-13-12(20)11(19)10(18)9-5-4-8-24(15)14(9)13/h15,21,23H,4-8H2,1-3H3,(H,22,25). The fraction of sp³-hybridized carbons (Fsp3) is 0.588. The second-order valence-electron chi connectivity index (χ2n) is 7.37. The van der Waals surface area contributed by atoms with E-state index in [4.69, 9.17) is 4.74 Å². The van der Waals surface area contributed by atoms with Gasteiger partial charge in [0.15, 0.2) is 6.29 Å². The topological polar surface area (TPSA) is 65.6 Å². The predicted octanol–water partition coefficient (Wildman–Crippen LogP) is 4.39. The molecule has 144 valence electrons. The molecule has 3 N–H and O–H groups in total. The molecule has 0 aliphatic carbocycles. The summed E-state index contributed by atoms with van der Waals surface area (Å²) in [5, 5.41) is 9.86. The Labute approximate surface area is 184 Å². The number of ether oxygens (including phenoxy) is 1. The molecule has 0 bridgehead atoms. The fourth-order valence-corrected chi connectivity index (χ4v) is 5.31. The third-order valence-electron chi connectivity index (χ3n) is 4.23. The molecule has 0 aromatic heterocycles. The van der Waals surface area contributed by atoms with Crippen LogP contribution in [-0.2, 0) is 11.2 Å². The molecule has 2 heterocycles. The number of alkyl carbamates (subject to hydrolysis) is 1. The second kappa shape index (κ2) is 8.00. The molecule has 0 saturated carbocycles. The molecule has 0 saturated heterocycles. The van der Waals surface area contributed by atoms with E-state index in [9.17, 15) is 4.79 Å². The number of nitrogens with zero attached hydrogens (tertiary/aromatic N) is 1. The normalized spacial score (nSPS) is 18.4. The minimum atomic E-state index is -0.478. The first-order chi connectivity index (χ1) is 12.2. The Morgan fingerprint density at radius 2 is 2.08 bits per heavy atom. The highest BCUT2D eigenvalue weighted by Gasteiger charge is 2.36.